The van der Waals surface area contributed by atoms with E-state index in [0.717, 1.165) is 26.6 Å². The van der Waals surface area contributed by atoms with Gasteiger partial charge in [0.1, 0.15) is 6.54 Å². The number of nitrogens with one attached hydrogen (secondary N) is 1. The summed E-state index contributed by atoms with van der Waals surface area (Å²) in [5, 5.41) is 5.81. The summed E-state index contributed by atoms with van der Waals surface area (Å²) in [5.74, 6) is -0.508. The van der Waals surface area contributed by atoms with E-state index in [-0.39, 0.29) is 6.54 Å². The van der Waals surface area contributed by atoms with Gasteiger partial charge in [0.25, 0.3) is 5.91 Å². The Bertz CT molecular complexity index is 840. The van der Waals surface area contributed by atoms with E-state index >= 15 is 0 Å². The normalized spacial score (nSPS) is 11.6. The Labute approximate surface area is 145 Å². The van der Waals surface area contributed by atoms with E-state index in [1.54, 1.807) is 30.5 Å². The minimum Gasteiger partial charge on any atom is -0.271 e. The number of benzene rings is 1. The lowest BCUT2D eigenvalue weighted by atomic mass is 10.2. The average molecular weight is 365 g/mol. The Kier molecular flexibility index (Phi) is 5.74. The summed E-state index contributed by atoms with van der Waals surface area (Å²) in [5.41, 5.74) is 4.88. The number of amides is 1. The third-order valence-corrected chi connectivity index (χ3v) is 5.38. The molecule has 0 aliphatic rings. The van der Waals surface area contributed by atoms with E-state index in [1.165, 1.54) is 11.3 Å². The fraction of sp³-hybridized carbons (Fsp3) is 0.250. The number of carbonyl (C=O) groups is 1. The maximum atomic E-state index is 12.0. The number of hydrogen-bond acceptors (Lipinski definition) is 5. The van der Waals surface area contributed by atoms with Crippen LogP contribution in [0.25, 0.3) is 0 Å². The monoisotopic (exact) mass is 365 g/mol. The summed E-state index contributed by atoms with van der Waals surface area (Å²) in [6.45, 7) is 3.52. The molecule has 128 valence electrons. The number of anilines is 1. The van der Waals surface area contributed by atoms with Crippen LogP contribution >= 0.6 is 11.3 Å². The number of nitrogens with zero attached hydrogens (tertiary/aromatic N) is 2. The van der Waals surface area contributed by atoms with Crippen molar-refractivity contribution < 1.29 is 13.2 Å². The van der Waals surface area contributed by atoms with Crippen LogP contribution in [-0.4, -0.2) is 33.3 Å². The molecule has 1 aromatic carbocycles. The molecule has 2 rings (SSSR count). The predicted octanol–water partition coefficient (Wildman–Crippen LogP) is 2.28. The van der Waals surface area contributed by atoms with Crippen molar-refractivity contribution in [2.45, 2.75) is 13.8 Å². The topological polar surface area (TPSA) is 78.8 Å². The maximum Gasteiger partial charge on any atom is 0.260 e. The van der Waals surface area contributed by atoms with Crippen LogP contribution in [-0.2, 0) is 14.8 Å². The minimum absolute atomic E-state index is 0.331. The Balaban J connectivity index is 2.07. The number of rotatable bonds is 6. The van der Waals surface area contributed by atoms with Crippen LogP contribution in [0.4, 0.5) is 5.69 Å². The smallest absolute Gasteiger partial charge is 0.260 e. The standard InChI is InChI=1S/C16H19N3O3S2/c1-12-4-6-14(7-5-12)19(24(3,21)22)11-16(20)18-17-10-15-13(2)8-9-23-15/h4-10H,11H2,1-3H3,(H,18,20)/b17-10-. The van der Waals surface area contributed by atoms with Crippen LogP contribution in [0, 0.1) is 13.8 Å². The number of sulfonamides is 1. The lowest BCUT2D eigenvalue weighted by Gasteiger charge is -2.21. The zero-order valence-corrected chi connectivity index (χ0v) is 15.3. The summed E-state index contributed by atoms with van der Waals surface area (Å²) in [4.78, 5) is 13.0. The van der Waals surface area contributed by atoms with Crippen molar-refractivity contribution in [1.82, 2.24) is 5.43 Å². The molecule has 0 unspecified atom stereocenters. The second kappa shape index (κ2) is 7.59. The number of thiophene rings is 1. The molecular weight excluding hydrogens is 346 g/mol. The van der Waals surface area contributed by atoms with Gasteiger partial charge in [-0.05, 0) is 43.0 Å². The fourth-order valence-corrected chi connectivity index (χ4v) is 3.60. The molecule has 0 atom stereocenters. The predicted molar refractivity (Wildman–Crippen MR) is 98.2 cm³/mol. The van der Waals surface area contributed by atoms with Crippen molar-refractivity contribution >= 4 is 39.2 Å². The Morgan fingerprint density at radius 2 is 1.92 bits per heavy atom. The second-order valence-electron chi connectivity index (χ2n) is 5.37. The lowest BCUT2D eigenvalue weighted by Crippen LogP contribution is -2.39. The molecule has 6 nitrogen and oxygen atoms in total. The quantitative estimate of drug-likeness (QED) is 0.630. The van der Waals surface area contributed by atoms with Crippen LogP contribution in [0.15, 0.2) is 40.8 Å². The first-order chi connectivity index (χ1) is 11.3. The molecule has 0 saturated heterocycles. The van der Waals surface area contributed by atoms with Gasteiger partial charge in [0, 0.05) is 4.88 Å². The lowest BCUT2D eigenvalue weighted by molar-refractivity contribution is -0.119. The number of hydrazone groups is 1. The molecule has 1 aromatic heterocycles. The summed E-state index contributed by atoms with van der Waals surface area (Å²) < 4.78 is 25.0. The van der Waals surface area contributed by atoms with Crippen molar-refractivity contribution in [2.75, 3.05) is 17.1 Å². The molecule has 2 aromatic rings. The SMILES string of the molecule is Cc1ccc(N(CC(=O)N/N=C\c2sccc2C)S(C)(=O)=O)cc1. The molecule has 1 N–H and O–H groups in total. The zero-order chi connectivity index (χ0) is 17.7. The minimum atomic E-state index is -3.58. The third kappa shape index (κ3) is 4.90. The van der Waals surface area contributed by atoms with Crippen LogP contribution < -0.4 is 9.73 Å². The van der Waals surface area contributed by atoms with Gasteiger partial charge in [-0.1, -0.05) is 17.7 Å². The Morgan fingerprint density at radius 1 is 1.25 bits per heavy atom. The highest BCUT2D eigenvalue weighted by Gasteiger charge is 2.20. The molecule has 8 heteroatoms. The fourth-order valence-electron chi connectivity index (χ4n) is 1.96. The largest absolute Gasteiger partial charge is 0.271 e. The number of carbonyl (C=O) groups excluding carboxylic acids is 1. The molecule has 24 heavy (non-hydrogen) atoms. The van der Waals surface area contributed by atoms with E-state index < -0.39 is 15.9 Å². The molecule has 1 amide bonds. The van der Waals surface area contributed by atoms with Crippen LogP contribution in [0.1, 0.15) is 16.0 Å². The van der Waals surface area contributed by atoms with Crippen LogP contribution in [0.3, 0.4) is 0 Å². The van der Waals surface area contributed by atoms with Crippen molar-refractivity contribution in [1.29, 1.82) is 0 Å². The maximum absolute atomic E-state index is 12.0. The third-order valence-electron chi connectivity index (χ3n) is 3.28. The van der Waals surface area contributed by atoms with Gasteiger partial charge in [-0.25, -0.2) is 13.8 Å². The van der Waals surface area contributed by atoms with Gasteiger partial charge in [-0.2, -0.15) is 5.10 Å². The highest BCUT2D eigenvalue weighted by Crippen LogP contribution is 2.17. The molecule has 0 bridgehead atoms. The van der Waals surface area contributed by atoms with E-state index in [4.69, 9.17) is 0 Å². The molecule has 0 saturated carbocycles. The molecule has 0 aliphatic heterocycles. The summed E-state index contributed by atoms with van der Waals surface area (Å²) in [6.07, 6.45) is 2.62. The Hall–Kier alpha value is -2.19. The van der Waals surface area contributed by atoms with E-state index in [2.05, 4.69) is 10.5 Å². The molecule has 0 spiro atoms. The molecule has 0 radical (unpaired) electrons. The molecule has 0 fully saturated rings. The van der Waals surface area contributed by atoms with Gasteiger partial charge in [0.2, 0.25) is 10.0 Å². The average Bonchev–Trinajstić information content (AvgIpc) is 2.90. The first-order valence-electron chi connectivity index (χ1n) is 7.18. The number of hydrogen-bond donors (Lipinski definition) is 1. The summed E-state index contributed by atoms with van der Waals surface area (Å²) >= 11 is 1.51. The highest BCUT2D eigenvalue weighted by molar-refractivity contribution is 7.92. The Morgan fingerprint density at radius 3 is 2.46 bits per heavy atom. The van der Waals surface area contributed by atoms with Crippen LogP contribution in [0.5, 0.6) is 0 Å². The second-order valence-corrected chi connectivity index (χ2v) is 8.22. The van der Waals surface area contributed by atoms with Gasteiger partial charge in [0.05, 0.1) is 18.2 Å². The van der Waals surface area contributed by atoms with Gasteiger partial charge in [0.15, 0.2) is 0 Å². The summed E-state index contributed by atoms with van der Waals surface area (Å²) in [7, 11) is -3.58. The van der Waals surface area contributed by atoms with Crippen molar-refractivity contribution in [3.8, 4) is 0 Å². The van der Waals surface area contributed by atoms with Crippen LogP contribution in [0.2, 0.25) is 0 Å². The van der Waals surface area contributed by atoms with Crippen molar-refractivity contribution in [3.05, 3.63) is 51.7 Å². The van der Waals surface area contributed by atoms with Gasteiger partial charge >= 0.3 is 0 Å². The summed E-state index contributed by atoms with van der Waals surface area (Å²) in [6, 6.07) is 8.88. The van der Waals surface area contributed by atoms with Gasteiger partial charge in [-0.3, -0.25) is 9.10 Å². The van der Waals surface area contributed by atoms with E-state index in [9.17, 15) is 13.2 Å². The van der Waals surface area contributed by atoms with E-state index in [1.807, 2.05) is 25.3 Å². The zero-order valence-electron chi connectivity index (χ0n) is 13.7. The molecule has 0 aliphatic carbocycles. The molecular formula is C16H19N3O3S2. The number of aryl methyl sites for hydroxylation is 2. The highest BCUT2D eigenvalue weighted by atomic mass is 32.2. The first-order valence-corrected chi connectivity index (χ1v) is 9.90. The molecule has 1 heterocycles. The van der Waals surface area contributed by atoms with Crippen molar-refractivity contribution in [3.63, 3.8) is 0 Å². The first kappa shape index (κ1) is 18.2. The van der Waals surface area contributed by atoms with Gasteiger partial charge < -0.3 is 0 Å². The van der Waals surface area contributed by atoms with Crippen molar-refractivity contribution in [2.24, 2.45) is 5.10 Å². The van der Waals surface area contributed by atoms with E-state index in [0.29, 0.717) is 5.69 Å². The van der Waals surface area contributed by atoms with Gasteiger partial charge in [-0.15, -0.1) is 11.3 Å².